The number of ether oxygens (including phenoxy) is 2. The van der Waals surface area contributed by atoms with Gasteiger partial charge in [-0.2, -0.15) is 0 Å². The first-order valence-electron chi connectivity index (χ1n) is 12.7. The van der Waals surface area contributed by atoms with Crippen LogP contribution in [-0.2, 0) is 14.3 Å². The van der Waals surface area contributed by atoms with Crippen molar-refractivity contribution in [1.82, 2.24) is 15.1 Å². The summed E-state index contributed by atoms with van der Waals surface area (Å²) < 4.78 is 10.9. The number of urea groups is 1. The minimum Gasteiger partial charge on any atom is -0.464 e. The number of morpholine rings is 1. The van der Waals surface area contributed by atoms with Crippen LogP contribution in [0.3, 0.4) is 0 Å². The van der Waals surface area contributed by atoms with Crippen molar-refractivity contribution in [2.75, 3.05) is 70.5 Å². The summed E-state index contributed by atoms with van der Waals surface area (Å²) in [6, 6.07) is 7.74. The van der Waals surface area contributed by atoms with Crippen LogP contribution in [0.1, 0.15) is 31.2 Å². The van der Waals surface area contributed by atoms with E-state index in [0.717, 1.165) is 77.3 Å². The van der Waals surface area contributed by atoms with E-state index in [2.05, 4.69) is 15.1 Å². The average molecular weight is 487 g/mol. The van der Waals surface area contributed by atoms with Gasteiger partial charge in [-0.25, -0.2) is 4.79 Å². The molecular weight excluding hydrogens is 448 g/mol. The number of carbonyl (C=O) groups excluding carboxylic acids is 2. The molecule has 4 rings (SSSR count). The van der Waals surface area contributed by atoms with Crippen LogP contribution in [0.5, 0.6) is 0 Å². The molecule has 1 aromatic rings. The highest BCUT2D eigenvalue weighted by molar-refractivity contribution is 5.95. The van der Waals surface area contributed by atoms with Gasteiger partial charge in [-0.15, -0.1) is 0 Å². The fourth-order valence-electron chi connectivity index (χ4n) is 4.98. The molecule has 1 aromatic carbocycles. The third-order valence-corrected chi connectivity index (χ3v) is 7.25. The molecule has 1 aliphatic carbocycles. The summed E-state index contributed by atoms with van der Waals surface area (Å²) in [5, 5.41) is 10.7. The van der Waals surface area contributed by atoms with E-state index >= 15 is 0 Å². The SMILES string of the molecule is N=C(N)c1ccc(N2CCN(C(=O)NC3CCC(C(=O)OCCN4CCOCC4)CC3)CC2)cc1. The molecule has 0 bridgehead atoms. The highest BCUT2D eigenvalue weighted by Crippen LogP contribution is 2.26. The molecule has 4 N–H and O–H groups in total. The second-order valence-corrected chi connectivity index (χ2v) is 9.55. The van der Waals surface area contributed by atoms with Gasteiger partial charge in [0.15, 0.2) is 0 Å². The van der Waals surface area contributed by atoms with Crippen LogP contribution in [-0.4, -0.2) is 99.3 Å². The zero-order valence-electron chi connectivity index (χ0n) is 20.4. The average Bonchev–Trinajstić information content (AvgIpc) is 2.90. The van der Waals surface area contributed by atoms with Gasteiger partial charge in [0.2, 0.25) is 0 Å². The number of hydrogen-bond acceptors (Lipinski definition) is 7. The number of carbonyl (C=O) groups is 2. The molecule has 0 atom stereocenters. The Hall–Kier alpha value is -2.85. The molecule has 10 nitrogen and oxygen atoms in total. The Balaban J connectivity index is 1.12. The van der Waals surface area contributed by atoms with E-state index in [1.165, 1.54) is 0 Å². The summed E-state index contributed by atoms with van der Waals surface area (Å²) in [4.78, 5) is 31.6. The number of rotatable bonds is 7. The van der Waals surface area contributed by atoms with Gasteiger partial charge in [0.25, 0.3) is 0 Å². The fraction of sp³-hybridized carbons (Fsp3) is 0.640. The van der Waals surface area contributed by atoms with Crippen molar-refractivity contribution in [3.63, 3.8) is 0 Å². The molecule has 192 valence electrons. The molecule has 35 heavy (non-hydrogen) atoms. The molecule has 10 heteroatoms. The van der Waals surface area contributed by atoms with Crippen molar-refractivity contribution in [3.05, 3.63) is 29.8 Å². The number of nitrogens with one attached hydrogen (secondary N) is 2. The third kappa shape index (κ3) is 7.08. The standard InChI is InChI=1S/C25H38N6O4/c26-23(27)19-3-7-22(8-4-19)30-9-11-31(12-10-30)25(33)28-21-5-1-20(2-6-21)24(32)35-18-15-29-13-16-34-17-14-29/h3-4,7-8,20-21H,1-2,5-6,9-18H2,(H3,26,27)(H,28,33). The second kappa shape index (κ2) is 12.2. The third-order valence-electron chi connectivity index (χ3n) is 7.25. The van der Waals surface area contributed by atoms with Crippen molar-refractivity contribution < 1.29 is 19.1 Å². The number of nitrogens with zero attached hydrogens (tertiary/aromatic N) is 3. The first-order chi connectivity index (χ1) is 17.0. The number of piperazine rings is 1. The van der Waals surface area contributed by atoms with Crippen LogP contribution in [0.25, 0.3) is 0 Å². The molecule has 0 aromatic heterocycles. The number of nitrogen functional groups attached to an aromatic ring is 1. The van der Waals surface area contributed by atoms with Crippen LogP contribution in [0.2, 0.25) is 0 Å². The molecule has 0 radical (unpaired) electrons. The van der Waals surface area contributed by atoms with E-state index in [1.54, 1.807) is 0 Å². The summed E-state index contributed by atoms with van der Waals surface area (Å²) in [5.74, 6) is -0.103. The number of hydrogen-bond donors (Lipinski definition) is 3. The fourth-order valence-corrected chi connectivity index (χ4v) is 4.98. The lowest BCUT2D eigenvalue weighted by Gasteiger charge is -2.37. The lowest BCUT2D eigenvalue weighted by molar-refractivity contribution is -0.150. The van der Waals surface area contributed by atoms with Gasteiger partial charge >= 0.3 is 12.0 Å². The number of nitrogens with two attached hydrogens (primary N) is 1. The molecule has 2 saturated heterocycles. The highest BCUT2D eigenvalue weighted by Gasteiger charge is 2.30. The monoisotopic (exact) mass is 486 g/mol. The van der Waals surface area contributed by atoms with E-state index in [-0.39, 0.29) is 29.8 Å². The summed E-state index contributed by atoms with van der Waals surface area (Å²) in [6.45, 7) is 7.31. The Morgan fingerprint density at radius 2 is 1.66 bits per heavy atom. The second-order valence-electron chi connectivity index (χ2n) is 9.55. The zero-order valence-corrected chi connectivity index (χ0v) is 20.4. The minimum atomic E-state index is -0.101. The molecule has 2 heterocycles. The zero-order chi connectivity index (χ0) is 24.6. The van der Waals surface area contributed by atoms with Crippen LogP contribution >= 0.6 is 0 Å². The predicted molar refractivity (Wildman–Crippen MR) is 134 cm³/mol. The summed E-state index contributed by atoms with van der Waals surface area (Å²) in [6.07, 6.45) is 3.12. The van der Waals surface area contributed by atoms with Crippen LogP contribution in [0.4, 0.5) is 10.5 Å². The van der Waals surface area contributed by atoms with E-state index in [9.17, 15) is 9.59 Å². The Labute approximate surface area is 207 Å². The van der Waals surface area contributed by atoms with Gasteiger partial charge in [0.1, 0.15) is 12.4 Å². The van der Waals surface area contributed by atoms with Gasteiger partial charge < -0.3 is 30.3 Å². The molecule has 0 spiro atoms. The lowest BCUT2D eigenvalue weighted by atomic mass is 9.86. The Morgan fingerprint density at radius 1 is 1.00 bits per heavy atom. The first kappa shape index (κ1) is 25.2. The molecular formula is C25H38N6O4. The van der Waals surface area contributed by atoms with E-state index in [1.807, 2.05) is 29.2 Å². The molecule has 1 saturated carbocycles. The number of esters is 1. The van der Waals surface area contributed by atoms with Gasteiger partial charge in [-0.05, 0) is 49.9 Å². The molecule has 3 fully saturated rings. The van der Waals surface area contributed by atoms with Crippen molar-refractivity contribution >= 4 is 23.5 Å². The highest BCUT2D eigenvalue weighted by atomic mass is 16.5. The van der Waals surface area contributed by atoms with E-state index in [4.69, 9.17) is 20.6 Å². The normalized spacial score (nSPS) is 23.5. The number of amidine groups is 1. The summed E-state index contributed by atoms with van der Waals surface area (Å²) in [5.41, 5.74) is 7.31. The number of benzene rings is 1. The van der Waals surface area contributed by atoms with E-state index in [0.29, 0.717) is 25.3 Å². The topological polar surface area (TPSA) is 124 Å². The van der Waals surface area contributed by atoms with E-state index < -0.39 is 0 Å². The Kier molecular flexibility index (Phi) is 8.81. The van der Waals surface area contributed by atoms with Crippen molar-refractivity contribution in [1.29, 1.82) is 5.41 Å². The smallest absolute Gasteiger partial charge is 0.317 e. The summed E-state index contributed by atoms with van der Waals surface area (Å²) in [7, 11) is 0. The van der Waals surface area contributed by atoms with Gasteiger partial charge in [0, 0.05) is 63.1 Å². The number of anilines is 1. The maximum Gasteiger partial charge on any atom is 0.317 e. The quantitative estimate of drug-likeness (QED) is 0.301. The van der Waals surface area contributed by atoms with Gasteiger partial charge in [-0.3, -0.25) is 15.1 Å². The molecule has 2 aliphatic heterocycles. The molecule has 2 amide bonds. The summed E-state index contributed by atoms with van der Waals surface area (Å²) >= 11 is 0. The molecule has 3 aliphatic rings. The van der Waals surface area contributed by atoms with Crippen molar-refractivity contribution in [2.45, 2.75) is 31.7 Å². The van der Waals surface area contributed by atoms with Crippen molar-refractivity contribution in [3.8, 4) is 0 Å². The van der Waals surface area contributed by atoms with Crippen molar-refractivity contribution in [2.24, 2.45) is 11.7 Å². The Bertz CT molecular complexity index is 857. The van der Waals surface area contributed by atoms with Gasteiger partial charge in [-0.1, -0.05) is 0 Å². The van der Waals surface area contributed by atoms with Crippen LogP contribution in [0, 0.1) is 11.3 Å². The molecule has 0 unspecified atom stereocenters. The first-order valence-corrected chi connectivity index (χ1v) is 12.7. The van der Waals surface area contributed by atoms with Gasteiger partial charge in [0.05, 0.1) is 19.1 Å². The largest absolute Gasteiger partial charge is 0.464 e. The minimum absolute atomic E-state index is 0.0203. The predicted octanol–water partition coefficient (Wildman–Crippen LogP) is 1.24. The lowest BCUT2D eigenvalue weighted by Crippen LogP contribution is -2.54. The van der Waals surface area contributed by atoms with Crippen LogP contribution < -0.4 is 16.0 Å². The van der Waals surface area contributed by atoms with Crippen LogP contribution in [0.15, 0.2) is 24.3 Å². The maximum absolute atomic E-state index is 12.8. The Morgan fingerprint density at radius 3 is 2.29 bits per heavy atom. The maximum atomic E-state index is 12.8. The number of amides is 2.